The Morgan fingerprint density at radius 2 is 0.677 bits per heavy atom. The number of nitrogens with zero attached hydrogens (tertiary/aromatic N) is 4. The highest BCUT2D eigenvalue weighted by molar-refractivity contribution is 6.90. The molecule has 0 aromatic heterocycles. The standard InChI is InChI=1S/C24H20N4O2Si/c29-31(30,23-15-11-21(12-16-23)27-25-19-7-3-1-4-8-19)24-17-13-22(14-18-24)28-26-20-9-5-2-6-10-20/h1-18,29-30H. The summed E-state index contributed by atoms with van der Waals surface area (Å²) in [5.74, 6) is 0. The van der Waals surface area contributed by atoms with E-state index in [1.165, 1.54) is 0 Å². The Morgan fingerprint density at radius 1 is 0.387 bits per heavy atom. The van der Waals surface area contributed by atoms with Crippen molar-refractivity contribution >= 4 is 41.7 Å². The van der Waals surface area contributed by atoms with E-state index < -0.39 is 8.56 Å². The second-order valence-corrected chi connectivity index (χ2v) is 9.34. The summed E-state index contributed by atoms with van der Waals surface area (Å²) in [4.78, 5) is 21.7. The van der Waals surface area contributed by atoms with E-state index in [1.54, 1.807) is 48.5 Å². The van der Waals surface area contributed by atoms with E-state index in [9.17, 15) is 9.59 Å². The number of hydrogen-bond acceptors (Lipinski definition) is 6. The minimum absolute atomic E-state index is 0.463. The predicted molar refractivity (Wildman–Crippen MR) is 124 cm³/mol. The Bertz CT molecular complexity index is 1080. The molecule has 2 N–H and O–H groups in total. The maximum atomic E-state index is 10.8. The van der Waals surface area contributed by atoms with Gasteiger partial charge in [-0.05, 0) is 58.9 Å². The van der Waals surface area contributed by atoms with Crippen molar-refractivity contribution < 1.29 is 9.59 Å². The molecule has 0 spiro atoms. The lowest BCUT2D eigenvalue weighted by atomic mass is 10.3. The lowest BCUT2D eigenvalue weighted by molar-refractivity contribution is 0.401. The van der Waals surface area contributed by atoms with Gasteiger partial charge in [0, 0.05) is 0 Å². The van der Waals surface area contributed by atoms with E-state index >= 15 is 0 Å². The SMILES string of the molecule is O[Si](O)(c1ccc(N=Nc2ccccc2)cc1)c1ccc(N=Nc2ccccc2)cc1. The molecule has 0 saturated heterocycles. The molecular formula is C24H20N4O2Si. The van der Waals surface area contributed by atoms with Crippen molar-refractivity contribution in [2.75, 3.05) is 0 Å². The third-order valence-electron chi connectivity index (χ3n) is 4.61. The van der Waals surface area contributed by atoms with Crippen molar-refractivity contribution in [3.05, 3.63) is 109 Å². The molecule has 0 aliphatic carbocycles. The van der Waals surface area contributed by atoms with Gasteiger partial charge < -0.3 is 9.59 Å². The maximum absolute atomic E-state index is 10.8. The first kappa shape index (κ1) is 20.5. The Kier molecular flexibility index (Phi) is 6.18. The van der Waals surface area contributed by atoms with Gasteiger partial charge in [-0.15, -0.1) is 0 Å². The molecule has 0 fully saturated rings. The number of rotatable bonds is 6. The number of azo groups is 2. The summed E-state index contributed by atoms with van der Waals surface area (Å²) in [7, 11) is -3.82. The Labute approximate surface area is 181 Å². The molecule has 4 aromatic rings. The average Bonchev–Trinajstić information content (AvgIpc) is 2.83. The van der Waals surface area contributed by atoms with Gasteiger partial charge in [0.25, 0.3) is 0 Å². The Morgan fingerprint density at radius 3 is 1.00 bits per heavy atom. The molecule has 0 radical (unpaired) electrons. The van der Waals surface area contributed by atoms with Crippen LogP contribution < -0.4 is 10.4 Å². The maximum Gasteiger partial charge on any atom is 0.401 e. The van der Waals surface area contributed by atoms with Crippen molar-refractivity contribution in [1.82, 2.24) is 0 Å². The summed E-state index contributed by atoms with van der Waals surface area (Å²) in [5, 5.41) is 17.6. The first-order chi connectivity index (χ1) is 15.1. The predicted octanol–water partition coefficient (Wildman–Crippen LogP) is 5.06. The van der Waals surface area contributed by atoms with E-state index in [0.717, 1.165) is 11.4 Å². The number of benzene rings is 4. The first-order valence-electron chi connectivity index (χ1n) is 9.71. The van der Waals surface area contributed by atoms with Gasteiger partial charge in [0.2, 0.25) is 0 Å². The molecule has 31 heavy (non-hydrogen) atoms. The van der Waals surface area contributed by atoms with Gasteiger partial charge in [0.1, 0.15) is 0 Å². The van der Waals surface area contributed by atoms with E-state index in [-0.39, 0.29) is 0 Å². The summed E-state index contributed by atoms with van der Waals surface area (Å²) >= 11 is 0. The van der Waals surface area contributed by atoms with Crippen LogP contribution in [0.1, 0.15) is 0 Å². The smallest absolute Gasteiger partial charge is 0.401 e. The zero-order chi connectivity index (χ0) is 21.5. The highest BCUT2D eigenvalue weighted by Gasteiger charge is 2.34. The second-order valence-electron chi connectivity index (χ2n) is 6.84. The van der Waals surface area contributed by atoms with Crippen molar-refractivity contribution in [3.8, 4) is 0 Å². The second kappa shape index (κ2) is 9.35. The molecule has 0 amide bonds. The van der Waals surface area contributed by atoms with Gasteiger partial charge in [0.05, 0.1) is 22.7 Å². The fourth-order valence-electron chi connectivity index (χ4n) is 2.91. The normalized spacial score (nSPS) is 11.9. The summed E-state index contributed by atoms with van der Waals surface area (Å²) < 4.78 is 0. The van der Waals surface area contributed by atoms with Gasteiger partial charge in [-0.2, -0.15) is 20.5 Å². The van der Waals surface area contributed by atoms with Crippen LogP contribution in [0.15, 0.2) is 130 Å². The minimum Gasteiger partial charge on any atom is -0.404 e. The lowest BCUT2D eigenvalue weighted by Gasteiger charge is -2.18. The zero-order valence-electron chi connectivity index (χ0n) is 16.6. The van der Waals surface area contributed by atoms with E-state index in [4.69, 9.17) is 0 Å². The topological polar surface area (TPSA) is 89.9 Å². The molecule has 0 heterocycles. The monoisotopic (exact) mass is 424 g/mol. The van der Waals surface area contributed by atoms with Crippen LogP contribution in [0.4, 0.5) is 22.7 Å². The van der Waals surface area contributed by atoms with E-state index in [0.29, 0.717) is 21.7 Å². The van der Waals surface area contributed by atoms with Gasteiger partial charge in [-0.3, -0.25) is 0 Å². The third kappa shape index (κ3) is 5.23. The highest BCUT2D eigenvalue weighted by atomic mass is 28.4. The molecule has 0 bridgehead atoms. The molecule has 4 aromatic carbocycles. The summed E-state index contributed by atoms with van der Waals surface area (Å²) in [6.45, 7) is 0. The van der Waals surface area contributed by atoms with Gasteiger partial charge in [-0.25, -0.2) is 0 Å². The number of hydrogen-bond donors (Lipinski definition) is 2. The molecule has 0 atom stereocenters. The molecule has 0 aliphatic rings. The van der Waals surface area contributed by atoms with Crippen molar-refractivity contribution in [2.24, 2.45) is 20.5 Å². The molecule has 0 aliphatic heterocycles. The van der Waals surface area contributed by atoms with Crippen LogP contribution in [0.2, 0.25) is 0 Å². The summed E-state index contributed by atoms with van der Waals surface area (Å²) in [6.07, 6.45) is 0. The molecular weight excluding hydrogens is 404 g/mol. The van der Waals surface area contributed by atoms with Gasteiger partial charge in [0.15, 0.2) is 0 Å². The first-order valence-corrected chi connectivity index (χ1v) is 11.6. The Hall–Kier alpha value is -3.78. The van der Waals surface area contributed by atoms with Crippen molar-refractivity contribution in [1.29, 1.82) is 0 Å². The Balaban J connectivity index is 1.47. The average molecular weight is 425 g/mol. The molecule has 6 nitrogen and oxygen atoms in total. The summed E-state index contributed by atoms with van der Waals surface area (Å²) in [5.41, 5.74) is 2.77. The quantitative estimate of drug-likeness (QED) is 0.335. The van der Waals surface area contributed by atoms with Crippen LogP contribution in [-0.2, 0) is 0 Å². The van der Waals surface area contributed by atoms with Crippen molar-refractivity contribution in [3.63, 3.8) is 0 Å². The van der Waals surface area contributed by atoms with Gasteiger partial charge >= 0.3 is 8.56 Å². The van der Waals surface area contributed by atoms with Crippen LogP contribution >= 0.6 is 0 Å². The molecule has 4 rings (SSSR count). The van der Waals surface area contributed by atoms with Crippen molar-refractivity contribution in [2.45, 2.75) is 0 Å². The van der Waals surface area contributed by atoms with Crippen LogP contribution in [-0.4, -0.2) is 18.2 Å². The molecule has 0 saturated carbocycles. The zero-order valence-corrected chi connectivity index (χ0v) is 17.6. The van der Waals surface area contributed by atoms with E-state index in [1.807, 2.05) is 60.7 Å². The fourth-order valence-corrected chi connectivity index (χ4v) is 4.50. The third-order valence-corrected chi connectivity index (χ3v) is 6.89. The van der Waals surface area contributed by atoms with Crippen LogP contribution in [0.5, 0.6) is 0 Å². The van der Waals surface area contributed by atoms with E-state index in [2.05, 4.69) is 20.5 Å². The van der Waals surface area contributed by atoms with Crippen LogP contribution in [0.3, 0.4) is 0 Å². The highest BCUT2D eigenvalue weighted by Crippen LogP contribution is 2.19. The fraction of sp³-hybridized carbons (Fsp3) is 0. The molecule has 7 heteroatoms. The van der Waals surface area contributed by atoms with Crippen LogP contribution in [0.25, 0.3) is 0 Å². The largest absolute Gasteiger partial charge is 0.404 e. The minimum atomic E-state index is -3.82. The van der Waals surface area contributed by atoms with Gasteiger partial charge in [-0.1, -0.05) is 60.7 Å². The lowest BCUT2D eigenvalue weighted by Crippen LogP contribution is -2.59. The molecule has 0 unspecified atom stereocenters. The van der Waals surface area contributed by atoms with Crippen LogP contribution in [0, 0.1) is 0 Å². The summed E-state index contributed by atoms with van der Waals surface area (Å²) in [6, 6.07) is 32.4. The molecule has 152 valence electrons.